The molecule has 0 aliphatic heterocycles. The second-order valence-electron chi connectivity index (χ2n) is 4.86. The van der Waals surface area contributed by atoms with Crippen molar-refractivity contribution in [1.29, 1.82) is 0 Å². The van der Waals surface area contributed by atoms with Crippen LogP contribution in [0.3, 0.4) is 0 Å². The van der Waals surface area contributed by atoms with E-state index in [-0.39, 0.29) is 0 Å². The first-order valence-electron chi connectivity index (χ1n) is 6.21. The summed E-state index contributed by atoms with van der Waals surface area (Å²) in [6, 6.07) is 2.18. The largest absolute Gasteiger partial charge is 0.370 e. The van der Waals surface area contributed by atoms with Crippen LogP contribution >= 0.6 is 11.3 Å². The van der Waals surface area contributed by atoms with Crippen molar-refractivity contribution in [2.24, 2.45) is 5.92 Å². The monoisotopic (exact) mass is 247 g/mol. The van der Waals surface area contributed by atoms with Crippen molar-refractivity contribution in [3.8, 4) is 0 Å². The van der Waals surface area contributed by atoms with Crippen molar-refractivity contribution in [3.05, 3.63) is 16.8 Å². The summed E-state index contributed by atoms with van der Waals surface area (Å²) in [6.45, 7) is 7.40. The Morgan fingerprint density at radius 3 is 2.88 bits per heavy atom. The van der Waals surface area contributed by atoms with E-state index in [1.165, 1.54) is 16.7 Å². The molecule has 2 aromatic heterocycles. The Kier molecular flexibility index (Phi) is 2.54. The third-order valence-electron chi connectivity index (χ3n) is 3.32. The Bertz CT molecular complexity index is 561. The van der Waals surface area contributed by atoms with E-state index in [4.69, 9.17) is 9.97 Å². The number of anilines is 1. The van der Waals surface area contributed by atoms with Crippen LogP contribution in [-0.2, 0) is 0 Å². The maximum Gasteiger partial charge on any atom is 0.138 e. The van der Waals surface area contributed by atoms with E-state index in [0.29, 0.717) is 5.92 Å². The van der Waals surface area contributed by atoms with Crippen molar-refractivity contribution < 1.29 is 0 Å². The third-order valence-corrected chi connectivity index (χ3v) is 4.26. The van der Waals surface area contributed by atoms with Gasteiger partial charge in [0.05, 0.1) is 5.39 Å². The number of hydrogen-bond donors (Lipinski definition) is 1. The molecule has 1 saturated carbocycles. The van der Waals surface area contributed by atoms with Gasteiger partial charge in [-0.25, -0.2) is 9.97 Å². The standard InChI is InChI=1S/C13H17N3S/c1-4-14-11-10-6-8(3)17-13(10)16-12(15-11)9-5-7(9)2/h6-7,9H,4-5H2,1-3H3,(H,14,15,16). The summed E-state index contributed by atoms with van der Waals surface area (Å²) >= 11 is 1.76. The lowest BCUT2D eigenvalue weighted by molar-refractivity contribution is 0.853. The van der Waals surface area contributed by atoms with E-state index >= 15 is 0 Å². The fourth-order valence-electron chi connectivity index (χ4n) is 2.21. The highest BCUT2D eigenvalue weighted by molar-refractivity contribution is 7.18. The van der Waals surface area contributed by atoms with Gasteiger partial charge in [-0.1, -0.05) is 6.92 Å². The molecule has 17 heavy (non-hydrogen) atoms. The summed E-state index contributed by atoms with van der Waals surface area (Å²) < 4.78 is 0. The maximum atomic E-state index is 4.72. The molecule has 0 radical (unpaired) electrons. The molecule has 2 aromatic rings. The van der Waals surface area contributed by atoms with Crippen LogP contribution in [0.2, 0.25) is 0 Å². The summed E-state index contributed by atoms with van der Waals surface area (Å²) in [5.41, 5.74) is 0. The zero-order chi connectivity index (χ0) is 12.0. The molecule has 4 heteroatoms. The molecule has 90 valence electrons. The molecule has 0 spiro atoms. The van der Waals surface area contributed by atoms with Crippen LogP contribution in [0.25, 0.3) is 10.2 Å². The number of fused-ring (bicyclic) bond motifs is 1. The van der Waals surface area contributed by atoms with Crippen molar-refractivity contribution >= 4 is 27.4 Å². The van der Waals surface area contributed by atoms with Crippen molar-refractivity contribution in [2.45, 2.75) is 33.1 Å². The number of aromatic nitrogens is 2. The molecular formula is C13H17N3S. The Morgan fingerprint density at radius 1 is 1.47 bits per heavy atom. The van der Waals surface area contributed by atoms with Crippen LogP contribution in [0.15, 0.2) is 6.07 Å². The summed E-state index contributed by atoms with van der Waals surface area (Å²) in [4.78, 5) is 11.8. The van der Waals surface area contributed by atoms with Gasteiger partial charge in [0, 0.05) is 17.3 Å². The van der Waals surface area contributed by atoms with E-state index in [9.17, 15) is 0 Å². The first-order valence-corrected chi connectivity index (χ1v) is 7.02. The Labute approximate surface area is 105 Å². The van der Waals surface area contributed by atoms with Gasteiger partial charge in [0.1, 0.15) is 16.5 Å². The second kappa shape index (κ2) is 3.95. The molecule has 1 aliphatic rings. The van der Waals surface area contributed by atoms with Crippen LogP contribution in [0.4, 0.5) is 5.82 Å². The van der Waals surface area contributed by atoms with E-state index in [0.717, 1.165) is 28.9 Å². The van der Waals surface area contributed by atoms with Gasteiger partial charge >= 0.3 is 0 Å². The summed E-state index contributed by atoms with van der Waals surface area (Å²) in [7, 11) is 0. The molecule has 0 aromatic carbocycles. The van der Waals surface area contributed by atoms with Crippen LogP contribution in [-0.4, -0.2) is 16.5 Å². The normalized spacial score (nSPS) is 23.0. The minimum absolute atomic E-state index is 0.583. The highest BCUT2D eigenvalue weighted by Gasteiger charge is 2.37. The van der Waals surface area contributed by atoms with Crippen LogP contribution in [0.1, 0.15) is 36.9 Å². The second-order valence-corrected chi connectivity index (χ2v) is 6.09. The van der Waals surface area contributed by atoms with Crippen molar-refractivity contribution in [1.82, 2.24) is 9.97 Å². The molecule has 2 unspecified atom stereocenters. The number of nitrogens with one attached hydrogen (secondary N) is 1. The first-order chi connectivity index (χ1) is 8.19. The Hall–Kier alpha value is -1.16. The fourth-order valence-corrected chi connectivity index (χ4v) is 3.09. The molecule has 0 saturated heterocycles. The number of nitrogens with zero attached hydrogens (tertiary/aromatic N) is 2. The van der Waals surface area contributed by atoms with Gasteiger partial charge in [-0.15, -0.1) is 11.3 Å². The highest BCUT2D eigenvalue weighted by Crippen LogP contribution is 2.46. The van der Waals surface area contributed by atoms with E-state index < -0.39 is 0 Å². The molecular weight excluding hydrogens is 230 g/mol. The van der Waals surface area contributed by atoms with Gasteiger partial charge in [-0.3, -0.25) is 0 Å². The van der Waals surface area contributed by atoms with Gasteiger partial charge < -0.3 is 5.32 Å². The predicted octanol–water partition coefficient (Wildman–Crippen LogP) is 3.55. The molecule has 3 rings (SSSR count). The Morgan fingerprint density at radius 2 is 2.24 bits per heavy atom. The van der Waals surface area contributed by atoms with E-state index in [1.54, 1.807) is 11.3 Å². The van der Waals surface area contributed by atoms with E-state index in [2.05, 4.69) is 32.2 Å². The number of rotatable bonds is 3. The summed E-state index contributed by atoms with van der Waals surface area (Å²) in [5, 5.41) is 4.53. The smallest absolute Gasteiger partial charge is 0.138 e. The molecule has 0 amide bonds. The van der Waals surface area contributed by atoms with Crippen molar-refractivity contribution in [2.75, 3.05) is 11.9 Å². The predicted molar refractivity (Wildman–Crippen MR) is 72.8 cm³/mol. The number of thiophene rings is 1. The van der Waals surface area contributed by atoms with Crippen LogP contribution in [0.5, 0.6) is 0 Å². The molecule has 3 nitrogen and oxygen atoms in total. The van der Waals surface area contributed by atoms with Crippen molar-refractivity contribution in [3.63, 3.8) is 0 Å². The summed E-state index contributed by atoms with van der Waals surface area (Å²) in [5.74, 6) is 3.38. The highest BCUT2D eigenvalue weighted by atomic mass is 32.1. The number of aryl methyl sites for hydroxylation is 1. The fraction of sp³-hybridized carbons (Fsp3) is 0.538. The first kappa shape index (κ1) is 11.0. The van der Waals surface area contributed by atoms with Crippen LogP contribution < -0.4 is 5.32 Å². The zero-order valence-corrected chi connectivity index (χ0v) is 11.3. The van der Waals surface area contributed by atoms with Gasteiger partial charge in [0.2, 0.25) is 0 Å². The lowest BCUT2D eigenvalue weighted by Gasteiger charge is -2.06. The molecule has 0 bridgehead atoms. The Balaban J connectivity index is 2.12. The van der Waals surface area contributed by atoms with Gasteiger partial charge in [0.25, 0.3) is 0 Å². The maximum absolute atomic E-state index is 4.72. The molecule has 1 N–H and O–H groups in total. The average molecular weight is 247 g/mol. The van der Waals surface area contributed by atoms with E-state index in [1.807, 2.05) is 0 Å². The van der Waals surface area contributed by atoms with Gasteiger partial charge in [-0.05, 0) is 32.3 Å². The van der Waals surface area contributed by atoms with Gasteiger partial charge in [-0.2, -0.15) is 0 Å². The summed E-state index contributed by atoms with van der Waals surface area (Å²) in [6.07, 6.45) is 1.24. The SMILES string of the molecule is CCNc1nc(C2CC2C)nc2sc(C)cc12. The molecule has 2 heterocycles. The lowest BCUT2D eigenvalue weighted by atomic mass is 10.3. The lowest BCUT2D eigenvalue weighted by Crippen LogP contribution is -2.03. The minimum atomic E-state index is 0.583. The average Bonchev–Trinajstić information content (AvgIpc) is 2.87. The molecule has 1 aliphatic carbocycles. The minimum Gasteiger partial charge on any atom is -0.370 e. The zero-order valence-electron chi connectivity index (χ0n) is 10.4. The number of hydrogen-bond acceptors (Lipinski definition) is 4. The third kappa shape index (κ3) is 1.90. The quantitative estimate of drug-likeness (QED) is 0.901. The molecule has 2 atom stereocenters. The molecule has 1 fully saturated rings. The van der Waals surface area contributed by atoms with Gasteiger partial charge in [0.15, 0.2) is 0 Å². The topological polar surface area (TPSA) is 37.8 Å². The van der Waals surface area contributed by atoms with Crippen LogP contribution in [0, 0.1) is 12.8 Å².